The maximum atomic E-state index is 2.62. The van der Waals surface area contributed by atoms with E-state index in [-0.39, 0.29) is 5.41 Å². The summed E-state index contributed by atoms with van der Waals surface area (Å²) in [4.78, 5) is 0. The fourth-order valence-electron chi connectivity index (χ4n) is 7.62. The van der Waals surface area contributed by atoms with E-state index >= 15 is 0 Å². The molecule has 6 rings (SSSR count). The first-order valence-electron chi connectivity index (χ1n) is 16.8. The molecule has 0 heteroatoms. The van der Waals surface area contributed by atoms with E-state index in [0.717, 1.165) is 0 Å². The van der Waals surface area contributed by atoms with Crippen LogP contribution in [0.15, 0.2) is 121 Å². The van der Waals surface area contributed by atoms with Gasteiger partial charge < -0.3 is 0 Å². The average molecular weight is 563 g/mol. The summed E-state index contributed by atoms with van der Waals surface area (Å²) in [5.74, 6) is 0. The van der Waals surface area contributed by atoms with Gasteiger partial charge in [0.2, 0.25) is 0 Å². The second kappa shape index (κ2) is 13.6. The van der Waals surface area contributed by atoms with Gasteiger partial charge in [0.25, 0.3) is 0 Å². The van der Waals surface area contributed by atoms with Crippen molar-refractivity contribution in [2.75, 3.05) is 0 Å². The zero-order valence-corrected chi connectivity index (χ0v) is 26.1. The summed E-state index contributed by atoms with van der Waals surface area (Å²) in [6.07, 6.45) is 12.8. The van der Waals surface area contributed by atoms with Crippen molar-refractivity contribution in [1.82, 2.24) is 0 Å². The Kier molecular flexibility index (Phi) is 9.23. The molecule has 218 valence electrons. The zero-order chi connectivity index (χ0) is 29.5. The summed E-state index contributed by atoms with van der Waals surface area (Å²) in [5, 5.41) is 0. The maximum absolute atomic E-state index is 2.62. The van der Waals surface area contributed by atoms with Gasteiger partial charge in [-0.25, -0.2) is 0 Å². The van der Waals surface area contributed by atoms with Crippen molar-refractivity contribution in [3.05, 3.63) is 132 Å². The Balaban J connectivity index is 1.70. The van der Waals surface area contributed by atoms with Crippen LogP contribution in [0.1, 0.15) is 89.2 Å². The van der Waals surface area contributed by atoms with Crippen LogP contribution in [0.25, 0.3) is 44.5 Å². The molecule has 0 unspecified atom stereocenters. The van der Waals surface area contributed by atoms with E-state index in [4.69, 9.17) is 0 Å². The quantitative estimate of drug-likeness (QED) is 0.125. The third kappa shape index (κ3) is 5.73. The third-order valence-electron chi connectivity index (χ3n) is 9.68. The lowest BCUT2D eigenvalue weighted by Crippen LogP contribution is -2.25. The molecular weight excluding hydrogens is 516 g/mol. The predicted molar refractivity (Wildman–Crippen MR) is 186 cm³/mol. The smallest absolute Gasteiger partial charge is 0.0215 e. The summed E-state index contributed by atoms with van der Waals surface area (Å²) in [5.41, 5.74) is 14.0. The van der Waals surface area contributed by atoms with Crippen LogP contribution in [0, 0.1) is 0 Å². The molecule has 0 radical (unpaired) electrons. The maximum Gasteiger partial charge on any atom is 0.0215 e. The third-order valence-corrected chi connectivity index (χ3v) is 9.68. The minimum absolute atomic E-state index is 0.0374. The van der Waals surface area contributed by atoms with Crippen molar-refractivity contribution in [1.29, 1.82) is 0 Å². The summed E-state index contributed by atoms with van der Waals surface area (Å²) in [6, 6.07) is 45.5. The first kappa shape index (κ1) is 29.2. The van der Waals surface area contributed by atoms with Gasteiger partial charge in [-0.15, -0.1) is 0 Å². The van der Waals surface area contributed by atoms with Gasteiger partial charge in [-0.1, -0.05) is 180 Å². The topological polar surface area (TPSA) is 0 Å². The number of hydrogen-bond donors (Lipinski definition) is 0. The van der Waals surface area contributed by atoms with E-state index in [1.807, 2.05) is 0 Å². The van der Waals surface area contributed by atoms with Crippen LogP contribution in [0.5, 0.6) is 0 Å². The van der Waals surface area contributed by atoms with Crippen molar-refractivity contribution >= 4 is 0 Å². The molecule has 43 heavy (non-hydrogen) atoms. The van der Waals surface area contributed by atoms with Gasteiger partial charge >= 0.3 is 0 Å². The van der Waals surface area contributed by atoms with E-state index in [1.165, 1.54) is 109 Å². The summed E-state index contributed by atoms with van der Waals surface area (Å²) in [6.45, 7) is 4.65. The zero-order valence-electron chi connectivity index (χ0n) is 26.1. The summed E-state index contributed by atoms with van der Waals surface area (Å²) < 4.78 is 0. The van der Waals surface area contributed by atoms with Crippen molar-refractivity contribution in [2.45, 2.75) is 83.5 Å². The molecule has 0 heterocycles. The van der Waals surface area contributed by atoms with Crippen molar-refractivity contribution in [3.63, 3.8) is 0 Å². The van der Waals surface area contributed by atoms with Crippen LogP contribution in [0.2, 0.25) is 0 Å². The average Bonchev–Trinajstić information content (AvgIpc) is 3.34. The van der Waals surface area contributed by atoms with E-state index in [1.54, 1.807) is 11.1 Å². The molecule has 0 bridgehead atoms. The lowest BCUT2D eigenvalue weighted by molar-refractivity contribution is 0.401. The minimum Gasteiger partial charge on any atom is -0.0654 e. The molecule has 0 atom stereocenters. The molecule has 0 aromatic heterocycles. The molecular formula is C43H46. The highest BCUT2D eigenvalue weighted by Gasteiger charge is 2.44. The van der Waals surface area contributed by atoms with Gasteiger partial charge in [-0.05, 0) is 74.5 Å². The van der Waals surface area contributed by atoms with Gasteiger partial charge in [-0.2, -0.15) is 0 Å². The Morgan fingerprint density at radius 1 is 0.395 bits per heavy atom. The molecule has 0 spiro atoms. The SMILES string of the molecule is CCCCCCC1(CCCCCC)c2ccccc2-c2c1cc(-c1ccccc1)c(-c1ccccc1)c2-c1ccccc1. The van der Waals surface area contributed by atoms with Gasteiger partial charge in [0.05, 0.1) is 0 Å². The lowest BCUT2D eigenvalue weighted by Gasteiger charge is -2.34. The van der Waals surface area contributed by atoms with Crippen LogP contribution in [0.3, 0.4) is 0 Å². The van der Waals surface area contributed by atoms with E-state index in [2.05, 4.69) is 135 Å². The van der Waals surface area contributed by atoms with Crippen LogP contribution in [-0.4, -0.2) is 0 Å². The standard InChI is InChI=1S/C43H46/c1-3-5-7-20-30-43(31-21-8-6-4-2)38-29-19-18-28-36(38)42-39(43)32-37(33-22-12-9-13-23-33)40(34-24-14-10-15-25-34)41(42)35-26-16-11-17-27-35/h9-19,22-29,32H,3-8,20-21,30-31H2,1-2H3. The largest absolute Gasteiger partial charge is 0.0654 e. The molecule has 1 aliphatic rings. The summed E-state index contributed by atoms with van der Waals surface area (Å²) >= 11 is 0. The summed E-state index contributed by atoms with van der Waals surface area (Å²) in [7, 11) is 0. The highest BCUT2D eigenvalue weighted by molar-refractivity contribution is 6.05. The fourth-order valence-corrected chi connectivity index (χ4v) is 7.62. The highest BCUT2D eigenvalue weighted by atomic mass is 14.5. The molecule has 0 N–H and O–H groups in total. The molecule has 5 aromatic rings. The second-order valence-corrected chi connectivity index (χ2v) is 12.4. The Labute approximate surface area is 259 Å². The number of fused-ring (bicyclic) bond motifs is 3. The Hall–Kier alpha value is -3.90. The molecule has 0 nitrogen and oxygen atoms in total. The number of hydrogen-bond acceptors (Lipinski definition) is 0. The Bertz CT molecular complexity index is 1600. The van der Waals surface area contributed by atoms with Crippen LogP contribution in [-0.2, 0) is 5.41 Å². The van der Waals surface area contributed by atoms with Crippen LogP contribution >= 0.6 is 0 Å². The lowest BCUT2D eigenvalue weighted by atomic mass is 9.69. The highest BCUT2D eigenvalue weighted by Crippen LogP contribution is 2.60. The molecule has 0 saturated carbocycles. The fraction of sp³-hybridized carbons (Fsp3) is 0.302. The minimum atomic E-state index is 0.0374. The number of unbranched alkanes of at least 4 members (excludes halogenated alkanes) is 6. The molecule has 0 amide bonds. The first-order chi connectivity index (χ1) is 21.3. The van der Waals surface area contributed by atoms with Crippen LogP contribution < -0.4 is 0 Å². The van der Waals surface area contributed by atoms with Crippen LogP contribution in [0.4, 0.5) is 0 Å². The van der Waals surface area contributed by atoms with Crippen molar-refractivity contribution < 1.29 is 0 Å². The van der Waals surface area contributed by atoms with E-state index in [0.29, 0.717) is 0 Å². The monoisotopic (exact) mass is 562 g/mol. The van der Waals surface area contributed by atoms with Gasteiger partial charge in [0.15, 0.2) is 0 Å². The molecule has 0 fully saturated rings. The normalized spacial score (nSPS) is 13.1. The van der Waals surface area contributed by atoms with Gasteiger partial charge in [0, 0.05) is 5.41 Å². The van der Waals surface area contributed by atoms with E-state index < -0.39 is 0 Å². The van der Waals surface area contributed by atoms with Crippen molar-refractivity contribution in [2.24, 2.45) is 0 Å². The first-order valence-corrected chi connectivity index (χ1v) is 16.8. The predicted octanol–water partition coefficient (Wildman–Crippen LogP) is 12.9. The molecule has 5 aromatic carbocycles. The van der Waals surface area contributed by atoms with Crippen molar-refractivity contribution in [3.8, 4) is 44.5 Å². The van der Waals surface area contributed by atoms with E-state index in [9.17, 15) is 0 Å². The number of benzene rings is 5. The Morgan fingerprint density at radius 2 is 0.884 bits per heavy atom. The molecule has 0 saturated heterocycles. The molecule has 1 aliphatic carbocycles. The molecule has 0 aliphatic heterocycles. The van der Waals surface area contributed by atoms with Gasteiger partial charge in [-0.3, -0.25) is 0 Å². The number of rotatable bonds is 13. The Morgan fingerprint density at radius 3 is 1.44 bits per heavy atom. The van der Waals surface area contributed by atoms with Gasteiger partial charge in [0.1, 0.15) is 0 Å². The second-order valence-electron chi connectivity index (χ2n) is 12.4.